The van der Waals surface area contributed by atoms with E-state index in [4.69, 9.17) is 0 Å². The molecule has 2 atom stereocenters. The Bertz CT molecular complexity index is 795. The zero-order valence-electron chi connectivity index (χ0n) is 15.8. The van der Waals surface area contributed by atoms with Gasteiger partial charge in [-0.3, -0.25) is 14.7 Å². The van der Waals surface area contributed by atoms with Crippen LogP contribution in [-0.2, 0) is 11.2 Å². The Kier molecular flexibility index (Phi) is 5.35. The summed E-state index contributed by atoms with van der Waals surface area (Å²) in [5.74, 6) is 0.624. The van der Waals surface area contributed by atoms with Crippen molar-refractivity contribution in [3.63, 3.8) is 0 Å². The first-order valence-corrected chi connectivity index (χ1v) is 9.88. The molecule has 4 nitrogen and oxygen atoms in total. The lowest BCUT2D eigenvalue weighted by atomic mass is 9.76. The minimum Gasteiger partial charge on any atom is -0.348 e. The second-order valence-corrected chi connectivity index (χ2v) is 7.74. The SMILES string of the molecule is C/C(=C\c1ccccc1)C(=O)N[C@@H]1C2CCN(CC2)[C@@H]1Cc1cccnc1. The molecule has 1 amide bonds. The van der Waals surface area contributed by atoms with Crippen LogP contribution in [-0.4, -0.2) is 41.0 Å². The van der Waals surface area contributed by atoms with E-state index in [1.54, 1.807) is 0 Å². The maximum Gasteiger partial charge on any atom is 0.247 e. The number of hydrogen-bond donors (Lipinski definition) is 1. The largest absolute Gasteiger partial charge is 0.348 e. The Hall–Kier alpha value is -2.46. The number of nitrogens with zero attached hydrogens (tertiary/aromatic N) is 2. The summed E-state index contributed by atoms with van der Waals surface area (Å²) in [6, 6.07) is 14.7. The number of carbonyl (C=O) groups is 1. The normalized spacial score (nSPS) is 27.4. The highest BCUT2D eigenvalue weighted by Crippen LogP contribution is 2.34. The second-order valence-electron chi connectivity index (χ2n) is 7.74. The van der Waals surface area contributed by atoms with Gasteiger partial charge in [0, 0.05) is 30.1 Å². The van der Waals surface area contributed by atoms with Crippen molar-refractivity contribution in [2.24, 2.45) is 5.92 Å². The molecule has 27 heavy (non-hydrogen) atoms. The van der Waals surface area contributed by atoms with E-state index in [9.17, 15) is 4.79 Å². The van der Waals surface area contributed by atoms with Crippen molar-refractivity contribution in [2.75, 3.05) is 13.1 Å². The summed E-state index contributed by atoms with van der Waals surface area (Å²) in [4.78, 5) is 19.7. The quantitative estimate of drug-likeness (QED) is 0.831. The summed E-state index contributed by atoms with van der Waals surface area (Å²) in [6.45, 7) is 4.18. The predicted octanol–water partition coefficient (Wildman–Crippen LogP) is 3.31. The minimum absolute atomic E-state index is 0.0498. The van der Waals surface area contributed by atoms with Gasteiger partial charge in [0.25, 0.3) is 0 Å². The van der Waals surface area contributed by atoms with Gasteiger partial charge in [0.2, 0.25) is 5.91 Å². The molecule has 0 radical (unpaired) electrons. The molecule has 3 fully saturated rings. The number of piperidine rings is 3. The van der Waals surface area contributed by atoms with E-state index in [0.717, 1.165) is 30.6 Å². The average Bonchev–Trinajstić information content (AvgIpc) is 2.72. The van der Waals surface area contributed by atoms with Gasteiger partial charge in [-0.15, -0.1) is 0 Å². The number of benzene rings is 1. The van der Waals surface area contributed by atoms with Crippen molar-refractivity contribution in [3.05, 3.63) is 71.6 Å². The van der Waals surface area contributed by atoms with E-state index in [0.29, 0.717) is 12.0 Å². The topological polar surface area (TPSA) is 45.2 Å². The number of hydrogen-bond acceptors (Lipinski definition) is 3. The Morgan fingerprint density at radius 1 is 1.19 bits per heavy atom. The van der Waals surface area contributed by atoms with Gasteiger partial charge < -0.3 is 5.32 Å². The highest BCUT2D eigenvalue weighted by atomic mass is 16.1. The van der Waals surface area contributed by atoms with Crippen LogP contribution in [0.3, 0.4) is 0 Å². The van der Waals surface area contributed by atoms with E-state index >= 15 is 0 Å². The molecule has 4 heterocycles. The molecule has 4 heteroatoms. The van der Waals surface area contributed by atoms with E-state index in [-0.39, 0.29) is 11.9 Å². The van der Waals surface area contributed by atoms with Gasteiger partial charge >= 0.3 is 0 Å². The summed E-state index contributed by atoms with van der Waals surface area (Å²) >= 11 is 0. The van der Waals surface area contributed by atoms with Crippen molar-refractivity contribution in [1.29, 1.82) is 0 Å². The number of rotatable bonds is 5. The summed E-state index contributed by atoms with van der Waals surface area (Å²) < 4.78 is 0. The van der Waals surface area contributed by atoms with Crippen LogP contribution in [0.25, 0.3) is 6.08 Å². The van der Waals surface area contributed by atoms with Crippen molar-refractivity contribution in [1.82, 2.24) is 15.2 Å². The Balaban J connectivity index is 1.49. The second kappa shape index (κ2) is 8.05. The van der Waals surface area contributed by atoms with Gasteiger partial charge in [-0.25, -0.2) is 0 Å². The molecule has 2 bridgehead atoms. The summed E-state index contributed by atoms with van der Waals surface area (Å²) in [5, 5.41) is 3.37. The molecular weight excluding hydrogens is 334 g/mol. The first-order valence-electron chi connectivity index (χ1n) is 9.88. The summed E-state index contributed by atoms with van der Waals surface area (Å²) in [7, 11) is 0. The first-order chi connectivity index (χ1) is 13.2. The van der Waals surface area contributed by atoms with Crippen LogP contribution in [0.1, 0.15) is 30.9 Å². The lowest BCUT2D eigenvalue weighted by Gasteiger charge is -2.51. The zero-order valence-corrected chi connectivity index (χ0v) is 15.8. The number of fused-ring (bicyclic) bond motifs is 3. The average molecular weight is 361 g/mol. The number of aromatic nitrogens is 1. The van der Waals surface area contributed by atoms with Gasteiger partial charge in [0.15, 0.2) is 0 Å². The fourth-order valence-corrected chi connectivity index (χ4v) is 4.51. The molecule has 3 saturated heterocycles. The molecule has 1 aromatic heterocycles. The molecule has 0 aliphatic carbocycles. The fourth-order valence-electron chi connectivity index (χ4n) is 4.51. The molecule has 0 saturated carbocycles. The molecule has 3 aliphatic rings. The van der Waals surface area contributed by atoms with Crippen LogP contribution in [0.4, 0.5) is 0 Å². The van der Waals surface area contributed by atoms with Gasteiger partial charge in [-0.2, -0.15) is 0 Å². The van der Waals surface area contributed by atoms with Crippen molar-refractivity contribution < 1.29 is 4.79 Å². The molecule has 5 rings (SSSR count). The Morgan fingerprint density at radius 2 is 1.96 bits per heavy atom. The van der Waals surface area contributed by atoms with Crippen LogP contribution in [0, 0.1) is 5.92 Å². The molecule has 0 spiro atoms. The van der Waals surface area contributed by atoms with Gasteiger partial charge in [-0.1, -0.05) is 36.4 Å². The first kappa shape index (κ1) is 17.9. The monoisotopic (exact) mass is 361 g/mol. The zero-order chi connectivity index (χ0) is 18.6. The molecule has 3 aliphatic heterocycles. The van der Waals surface area contributed by atoms with E-state index < -0.39 is 0 Å². The Morgan fingerprint density at radius 3 is 2.67 bits per heavy atom. The lowest BCUT2D eigenvalue weighted by Crippen LogP contribution is -2.64. The number of pyridine rings is 1. The molecular formula is C23H27N3O. The predicted molar refractivity (Wildman–Crippen MR) is 108 cm³/mol. The van der Waals surface area contributed by atoms with Gasteiger partial charge in [0.1, 0.15) is 0 Å². The molecule has 0 unspecified atom stereocenters. The Labute approximate surface area is 161 Å². The molecule has 2 aromatic rings. The summed E-state index contributed by atoms with van der Waals surface area (Å²) in [6.07, 6.45) is 9.02. The van der Waals surface area contributed by atoms with Crippen LogP contribution in [0.2, 0.25) is 0 Å². The number of amides is 1. The highest BCUT2D eigenvalue weighted by Gasteiger charge is 2.42. The lowest BCUT2D eigenvalue weighted by molar-refractivity contribution is -0.120. The van der Waals surface area contributed by atoms with Crippen LogP contribution >= 0.6 is 0 Å². The van der Waals surface area contributed by atoms with Crippen molar-refractivity contribution in [2.45, 2.75) is 38.3 Å². The van der Waals surface area contributed by atoms with E-state index in [1.165, 1.54) is 18.4 Å². The third-order valence-electron chi connectivity index (χ3n) is 5.97. The maximum atomic E-state index is 12.9. The summed E-state index contributed by atoms with van der Waals surface area (Å²) in [5.41, 5.74) is 3.06. The molecule has 1 aromatic carbocycles. The van der Waals surface area contributed by atoms with Crippen LogP contribution < -0.4 is 5.32 Å². The van der Waals surface area contributed by atoms with Gasteiger partial charge in [0.05, 0.1) is 0 Å². The minimum atomic E-state index is 0.0498. The fraction of sp³-hybridized carbons (Fsp3) is 0.391. The van der Waals surface area contributed by atoms with Crippen LogP contribution in [0.5, 0.6) is 0 Å². The van der Waals surface area contributed by atoms with Crippen LogP contribution in [0.15, 0.2) is 60.4 Å². The third-order valence-corrected chi connectivity index (χ3v) is 5.97. The number of nitrogens with one attached hydrogen (secondary N) is 1. The van der Waals surface area contributed by atoms with Gasteiger partial charge in [-0.05, 0) is 68.5 Å². The third kappa shape index (κ3) is 4.11. The van der Waals surface area contributed by atoms with Crippen molar-refractivity contribution >= 4 is 12.0 Å². The molecule has 1 N–H and O–H groups in total. The number of carbonyl (C=O) groups excluding carboxylic acids is 1. The van der Waals surface area contributed by atoms with E-state index in [1.807, 2.05) is 61.8 Å². The standard InChI is InChI=1S/C23H27N3O/c1-17(14-18-6-3-2-4-7-18)23(27)25-22-20-9-12-26(13-10-20)21(22)15-19-8-5-11-24-16-19/h2-8,11,14,16,20-22H,9-10,12-13,15H2,1H3,(H,25,27)/b17-14+/t21-,22-/m1/s1. The highest BCUT2D eigenvalue weighted by molar-refractivity contribution is 5.97. The van der Waals surface area contributed by atoms with E-state index in [2.05, 4.69) is 21.3 Å². The molecule has 140 valence electrons. The maximum absolute atomic E-state index is 12.9. The van der Waals surface area contributed by atoms with Crippen molar-refractivity contribution in [3.8, 4) is 0 Å². The smallest absolute Gasteiger partial charge is 0.247 e.